The van der Waals surface area contributed by atoms with Gasteiger partial charge >= 0.3 is 12.1 Å². The van der Waals surface area contributed by atoms with Crippen LogP contribution >= 0.6 is 0 Å². The third-order valence-electron chi connectivity index (χ3n) is 5.10. The van der Waals surface area contributed by atoms with Crippen LogP contribution in [0, 0.1) is 5.92 Å². The Kier molecular flexibility index (Phi) is 5.85. The zero-order chi connectivity index (χ0) is 19.7. The predicted octanol–water partition coefficient (Wildman–Crippen LogP) is 3.45. The summed E-state index contributed by atoms with van der Waals surface area (Å²) in [6.45, 7) is 13.8. The second-order valence-corrected chi connectivity index (χ2v) is 13.4. The van der Waals surface area contributed by atoms with Crippen LogP contribution in [0.5, 0.6) is 0 Å². The highest BCUT2D eigenvalue weighted by Gasteiger charge is 2.53. The molecule has 1 aliphatic rings. The Labute approximate surface area is 157 Å². The first kappa shape index (κ1) is 20.5. The second-order valence-electron chi connectivity index (χ2n) is 8.74. The number of carbonyl (C=O) groups is 2. The van der Waals surface area contributed by atoms with Crippen LogP contribution in [-0.4, -0.2) is 37.9 Å². The lowest BCUT2D eigenvalue weighted by Gasteiger charge is -2.36. The van der Waals surface area contributed by atoms with E-state index in [1.54, 1.807) is 0 Å². The Morgan fingerprint density at radius 3 is 2.35 bits per heavy atom. The summed E-state index contributed by atoms with van der Waals surface area (Å²) >= 11 is 0. The summed E-state index contributed by atoms with van der Waals surface area (Å²) in [7, 11) is -2.01. The van der Waals surface area contributed by atoms with Gasteiger partial charge in [0.15, 0.2) is 0 Å². The molecule has 0 spiro atoms. The minimum Gasteiger partial charge on any atom is -0.460 e. The van der Waals surface area contributed by atoms with Crippen molar-refractivity contribution in [1.82, 2.24) is 5.32 Å². The highest BCUT2D eigenvalue weighted by atomic mass is 28.3. The van der Waals surface area contributed by atoms with Crippen LogP contribution in [0.15, 0.2) is 30.3 Å². The third kappa shape index (κ3) is 4.47. The molecule has 1 aromatic rings. The van der Waals surface area contributed by atoms with Crippen molar-refractivity contribution in [2.24, 2.45) is 5.92 Å². The van der Waals surface area contributed by atoms with Crippen LogP contribution in [0.4, 0.5) is 4.79 Å². The number of alkyl carbamates (subject to hydrolysis) is 1. The number of carbonyl (C=O) groups excluding carboxylic acids is 2. The minimum atomic E-state index is -2.01. The molecule has 144 valence electrons. The molecule has 4 atom stereocenters. The van der Waals surface area contributed by atoms with Crippen molar-refractivity contribution >= 4 is 25.3 Å². The van der Waals surface area contributed by atoms with Crippen LogP contribution in [0.3, 0.4) is 0 Å². The Bertz CT molecular complexity index is 654. The van der Waals surface area contributed by atoms with Gasteiger partial charge in [0.05, 0.1) is 20.0 Å². The number of hydrogen-bond acceptors (Lipinski definition) is 4. The molecular formula is C20H31NO4Si. The van der Waals surface area contributed by atoms with Crippen molar-refractivity contribution in [2.75, 3.05) is 0 Å². The van der Waals surface area contributed by atoms with Crippen LogP contribution < -0.4 is 10.5 Å². The zero-order valence-corrected chi connectivity index (χ0v) is 17.8. The maximum absolute atomic E-state index is 12.3. The summed E-state index contributed by atoms with van der Waals surface area (Å²) < 4.78 is 11.1. The first-order valence-electron chi connectivity index (χ1n) is 9.19. The predicted molar refractivity (Wildman–Crippen MR) is 105 cm³/mol. The lowest BCUT2D eigenvalue weighted by atomic mass is 10.0. The first-order chi connectivity index (χ1) is 11.9. The number of benzene rings is 1. The van der Waals surface area contributed by atoms with E-state index >= 15 is 0 Å². The molecule has 1 aromatic carbocycles. The van der Waals surface area contributed by atoms with E-state index in [-0.39, 0.29) is 29.6 Å². The van der Waals surface area contributed by atoms with E-state index in [9.17, 15) is 9.59 Å². The molecule has 6 heteroatoms. The van der Waals surface area contributed by atoms with Gasteiger partial charge in [0.25, 0.3) is 0 Å². The fourth-order valence-electron chi connectivity index (χ4n) is 3.83. The van der Waals surface area contributed by atoms with Crippen molar-refractivity contribution in [3.63, 3.8) is 0 Å². The summed E-state index contributed by atoms with van der Waals surface area (Å²) in [6.07, 6.45) is -0.842. The van der Waals surface area contributed by atoms with Gasteiger partial charge in [0.2, 0.25) is 0 Å². The highest BCUT2D eigenvalue weighted by Crippen LogP contribution is 2.42. The smallest absolute Gasteiger partial charge is 0.407 e. The third-order valence-corrected chi connectivity index (χ3v) is 9.42. The molecule has 1 N–H and O–H groups in total. The summed E-state index contributed by atoms with van der Waals surface area (Å²) in [5.41, 5.74) is -0.497. The number of cyclic esters (lactones) is 1. The minimum absolute atomic E-state index is 0.0716. The fourth-order valence-corrected chi connectivity index (χ4v) is 7.83. The first-order valence-corrected chi connectivity index (χ1v) is 12.3. The summed E-state index contributed by atoms with van der Waals surface area (Å²) in [4.78, 5) is 24.5. The van der Waals surface area contributed by atoms with E-state index in [4.69, 9.17) is 9.47 Å². The summed E-state index contributed by atoms with van der Waals surface area (Å²) in [6, 6.07) is 10.0. The van der Waals surface area contributed by atoms with Crippen molar-refractivity contribution < 1.29 is 19.1 Å². The second kappa shape index (κ2) is 7.43. The quantitative estimate of drug-likeness (QED) is 0.645. The molecule has 1 heterocycles. The molecule has 2 rings (SSSR count). The maximum atomic E-state index is 12.3. The normalized spacial score (nSPS) is 24.7. The van der Waals surface area contributed by atoms with Crippen molar-refractivity contribution in [2.45, 2.75) is 71.0 Å². The van der Waals surface area contributed by atoms with E-state index in [0.29, 0.717) is 0 Å². The van der Waals surface area contributed by atoms with E-state index in [1.165, 1.54) is 5.19 Å². The van der Waals surface area contributed by atoms with Gasteiger partial charge in [0, 0.05) is 5.54 Å². The molecule has 1 fully saturated rings. The van der Waals surface area contributed by atoms with E-state index < -0.39 is 19.8 Å². The Morgan fingerprint density at radius 1 is 1.23 bits per heavy atom. The Hall–Kier alpha value is -1.82. The van der Waals surface area contributed by atoms with Crippen molar-refractivity contribution in [3.05, 3.63) is 30.3 Å². The molecule has 0 bridgehead atoms. The maximum Gasteiger partial charge on any atom is 0.407 e. The molecule has 0 unspecified atom stereocenters. The summed E-state index contributed by atoms with van der Waals surface area (Å²) in [5, 5.41) is 4.14. The number of rotatable bonds is 4. The van der Waals surface area contributed by atoms with Gasteiger partial charge in [-0.3, -0.25) is 4.79 Å². The molecule has 0 aromatic heterocycles. The average Bonchev–Trinajstić information content (AvgIpc) is 2.82. The van der Waals surface area contributed by atoms with Crippen LogP contribution in [0.2, 0.25) is 18.6 Å². The fraction of sp³-hybridized carbons (Fsp3) is 0.600. The van der Waals surface area contributed by atoms with Gasteiger partial charge in [0.1, 0.15) is 11.7 Å². The van der Waals surface area contributed by atoms with Crippen molar-refractivity contribution in [1.29, 1.82) is 0 Å². The lowest BCUT2D eigenvalue weighted by Crippen LogP contribution is -2.54. The number of hydrogen-bond donors (Lipinski definition) is 1. The monoisotopic (exact) mass is 377 g/mol. The van der Waals surface area contributed by atoms with Gasteiger partial charge in [-0.25, -0.2) is 4.79 Å². The molecule has 0 aliphatic carbocycles. The van der Waals surface area contributed by atoms with Gasteiger partial charge in [-0.1, -0.05) is 55.5 Å². The van der Waals surface area contributed by atoms with E-state index in [1.807, 2.05) is 52.8 Å². The van der Waals surface area contributed by atoms with Gasteiger partial charge < -0.3 is 14.8 Å². The number of esters is 1. The largest absolute Gasteiger partial charge is 0.460 e. The molecule has 5 nitrogen and oxygen atoms in total. The lowest BCUT2D eigenvalue weighted by molar-refractivity contribution is -0.144. The zero-order valence-electron chi connectivity index (χ0n) is 16.8. The molecule has 1 aliphatic heterocycles. The van der Waals surface area contributed by atoms with Crippen molar-refractivity contribution in [3.8, 4) is 0 Å². The standard InChI is InChI=1S/C20H31NO4Si/c1-13-17(26(6,7)15-11-9-8-10-12-15)16(24-18(13)22)14(2)21-19(23)25-20(3,4)5/h8-14,16-17H,1-7H3,(H,21,23)/t13-,14+,16+,17-/m1/s1. The highest BCUT2D eigenvalue weighted by molar-refractivity contribution is 6.91. The summed E-state index contributed by atoms with van der Waals surface area (Å²) in [5.74, 6) is -0.376. The number of nitrogens with one attached hydrogen (secondary N) is 1. The van der Waals surface area contributed by atoms with E-state index in [0.717, 1.165) is 0 Å². The number of ether oxygens (including phenoxy) is 2. The van der Waals surface area contributed by atoms with Crippen LogP contribution in [-0.2, 0) is 14.3 Å². The molecule has 26 heavy (non-hydrogen) atoms. The van der Waals surface area contributed by atoms with Gasteiger partial charge in [-0.15, -0.1) is 0 Å². The van der Waals surface area contributed by atoms with E-state index in [2.05, 4.69) is 30.5 Å². The number of amides is 1. The molecule has 1 amide bonds. The molecule has 0 saturated carbocycles. The Balaban J connectivity index is 2.23. The van der Waals surface area contributed by atoms with Gasteiger partial charge in [-0.05, 0) is 27.7 Å². The average molecular weight is 378 g/mol. The molecule has 1 saturated heterocycles. The molecule has 0 radical (unpaired) electrons. The molecular weight excluding hydrogens is 346 g/mol. The van der Waals surface area contributed by atoms with Crippen LogP contribution in [0.25, 0.3) is 0 Å². The topological polar surface area (TPSA) is 64.6 Å². The van der Waals surface area contributed by atoms with Crippen LogP contribution in [0.1, 0.15) is 34.6 Å². The SMILES string of the molecule is C[C@H](NC(=O)OC(C)(C)C)[C@@H]1OC(=O)[C@H](C)[C@H]1[Si](C)(C)c1ccccc1. The van der Waals surface area contributed by atoms with Gasteiger partial charge in [-0.2, -0.15) is 0 Å². The Morgan fingerprint density at radius 2 is 1.81 bits per heavy atom.